The predicted octanol–water partition coefficient (Wildman–Crippen LogP) is 12.5. The van der Waals surface area contributed by atoms with Gasteiger partial charge in [-0.2, -0.15) is 0 Å². The van der Waals surface area contributed by atoms with Crippen molar-refractivity contribution in [2.75, 3.05) is 0 Å². The van der Waals surface area contributed by atoms with Gasteiger partial charge in [-0.25, -0.2) is 19.2 Å². The minimum absolute atomic E-state index is 0.000957. The Hall–Kier alpha value is -3.68. The zero-order valence-corrected chi connectivity index (χ0v) is 33.7. The second kappa shape index (κ2) is 27.9. The van der Waals surface area contributed by atoms with Gasteiger partial charge in [-0.15, -0.1) is 0 Å². The number of aryl methyl sites for hydroxylation is 1. The van der Waals surface area contributed by atoms with Crippen LogP contribution in [0.25, 0.3) is 0 Å². The molecule has 0 aliphatic heterocycles. The third-order valence-corrected chi connectivity index (χ3v) is 9.71. The number of carbonyl (C=O) groups is 4. The van der Waals surface area contributed by atoms with Gasteiger partial charge in [0.25, 0.3) is 0 Å². The third-order valence-electron chi connectivity index (χ3n) is 9.71. The van der Waals surface area contributed by atoms with Crippen LogP contribution in [0.3, 0.4) is 0 Å². The molecule has 1 unspecified atom stereocenters. The number of hydrogen-bond acceptors (Lipinski definition) is 5. The Morgan fingerprint density at radius 3 is 1.60 bits per heavy atom. The molecule has 2 aromatic carbocycles. The van der Waals surface area contributed by atoms with E-state index in [9.17, 15) is 34.5 Å². The van der Waals surface area contributed by atoms with Crippen LogP contribution in [-0.2, 0) is 17.6 Å². The molecule has 0 aliphatic rings. The van der Waals surface area contributed by atoms with E-state index in [4.69, 9.17) is 4.74 Å². The Labute approximate surface area is 320 Å². The first-order valence-corrected chi connectivity index (χ1v) is 20.5. The summed E-state index contributed by atoms with van der Waals surface area (Å²) in [7, 11) is 0. The fourth-order valence-electron chi connectivity index (χ4n) is 6.58. The number of rotatable bonds is 27. The van der Waals surface area contributed by atoms with Gasteiger partial charge in [0.15, 0.2) is 0 Å². The zero-order valence-electron chi connectivity index (χ0n) is 33.7. The van der Waals surface area contributed by atoms with Crippen molar-refractivity contribution in [3.8, 4) is 0 Å². The van der Waals surface area contributed by atoms with Crippen LogP contribution in [0, 0.1) is 11.8 Å². The van der Waals surface area contributed by atoms with E-state index in [0.29, 0.717) is 18.3 Å². The summed E-state index contributed by atoms with van der Waals surface area (Å²) in [5.41, 5.74) is 1.78. The molecule has 0 aromatic heterocycles. The van der Waals surface area contributed by atoms with Gasteiger partial charge in [-0.3, -0.25) is 0 Å². The highest BCUT2D eigenvalue weighted by Gasteiger charge is 2.23. The monoisotopic (exact) mass is 739 g/mol. The molecule has 0 aliphatic carbocycles. The number of ether oxygens (including phenoxy) is 1. The molecule has 0 radical (unpaired) electrons. The molecule has 8 nitrogen and oxygen atoms in total. The topological polar surface area (TPSA) is 138 Å². The number of esters is 1. The number of benzene rings is 2. The summed E-state index contributed by atoms with van der Waals surface area (Å²) in [6.45, 7) is 13.1. The van der Waals surface area contributed by atoms with Crippen molar-refractivity contribution in [3.63, 3.8) is 0 Å². The van der Waals surface area contributed by atoms with E-state index in [1.165, 1.54) is 63.1 Å². The van der Waals surface area contributed by atoms with Gasteiger partial charge in [-0.1, -0.05) is 137 Å². The fourth-order valence-corrected chi connectivity index (χ4v) is 6.58. The van der Waals surface area contributed by atoms with Gasteiger partial charge in [0.2, 0.25) is 0 Å². The van der Waals surface area contributed by atoms with Gasteiger partial charge in [-0.05, 0) is 92.5 Å². The number of aromatic carboxylic acids is 3. The van der Waals surface area contributed by atoms with Crippen LogP contribution in [0.1, 0.15) is 210 Å². The lowest BCUT2D eigenvalue weighted by Crippen LogP contribution is -2.21. The van der Waals surface area contributed by atoms with Crippen LogP contribution < -0.4 is 0 Å². The van der Waals surface area contributed by atoms with E-state index < -0.39 is 23.9 Å². The van der Waals surface area contributed by atoms with Crippen LogP contribution in [0.5, 0.6) is 0 Å². The van der Waals surface area contributed by atoms with Crippen molar-refractivity contribution in [1.82, 2.24) is 0 Å². The van der Waals surface area contributed by atoms with Gasteiger partial charge in [0.1, 0.15) is 6.10 Å². The predicted molar refractivity (Wildman–Crippen MR) is 215 cm³/mol. The van der Waals surface area contributed by atoms with Crippen molar-refractivity contribution in [2.24, 2.45) is 11.8 Å². The molecule has 298 valence electrons. The Bertz CT molecular complexity index is 1360. The molecule has 0 bridgehead atoms. The molecule has 1 atom stereocenters. The summed E-state index contributed by atoms with van der Waals surface area (Å²) in [5.74, 6) is -2.66. The van der Waals surface area contributed by atoms with Crippen LogP contribution in [0.4, 0.5) is 0 Å². The van der Waals surface area contributed by atoms with E-state index in [-0.39, 0.29) is 28.4 Å². The van der Waals surface area contributed by atoms with Gasteiger partial charge in [0, 0.05) is 0 Å². The Balaban J connectivity index is 0.000000530. The van der Waals surface area contributed by atoms with E-state index in [1.807, 2.05) is 6.07 Å². The summed E-state index contributed by atoms with van der Waals surface area (Å²) in [5, 5.41) is 28.3. The largest absolute Gasteiger partial charge is 0.478 e. The molecule has 0 saturated carbocycles. The van der Waals surface area contributed by atoms with Crippen LogP contribution >= 0.6 is 0 Å². The second-order valence-electron chi connectivity index (χ2n) is 15.3. The average molecular weight is 739 g/mol. The highest BCUT2D eigenvalue weighted by molar-refractivity contribution is 6.03. The molecule has 0 fully saturated rings. The van der Waals surface area contributed by atoms with E-state index >= 15 is 0 Å². The number of unbranched alkanes of at least 4 members (excludes halogenated alkanes) is 11. The number of carboxylic acids is 3. The first-order chi connectivity index (χ1) is 25.3. The normalized spacial score (nSPS) is 11.6. The molecule has 0 heterocycles. The first-order valence-electron chi connectivity index (χ1n) is 20.5. The second-order valence-corrected chi connectivity index (χ2v) is 15.3. The van der Waals surface area contributed by atoms with E-state index in [1.54, 1.807) is 12.1 Å². The highest BCUT2D eigenvalue weighted by Crippen LogP contribution is 2.25. The molecule has 0 amide bonds. The minimum atomic E-state index is -1.17. The molecular formula is C45H70O8. The quantitative estimate of drug-likeness (QED) is 0.0608. The van der Waals surface area contributed by atoms with Crippen LogP contribution in [0.15, 0.2) is 36.4 Å². The first kappa shape index (κ1) is 47.3. The summed E-state index contributed by atoms with van der Waals surface area (Å²) in [6.07, 6.45) is 21.3. The summed E-state index contributed by atoms with van der Waals surface area (Å²) in [6, 6.07) is 9.54. The maximum Gasteiger partial charge on any atom is 0.339 e. The number of carboxylic acid groups (broad SMARTS) is 3. The van der Waals surface area contributed by atoms with Crippen molar-refractivity contribution in [1.29, 1.82) is 0 Å². The maximum atomic E-state index is 12.5. The molecular weight excluding hydrogens is 668 g/mol. The van der Waals surface area contributed by atoms with E-state index in [0.717, 1.165) is 88.2 Å². The van der Waals surface area contributed by atoms with Gasteiger partial charge >= 0.3 is 23.9 Å². The minimum Gasteiger partial charge on any atom is -0.478 e. The molecule has 53 heavy (non-hydrogen) atoms. The number of hydrogen-bond donors (Lipinski definition) is 3. The van der Waals surface area contributed by atoms with Crippen molar-refractivity contribution in [2.45, 2.75) is 176 Å². The molecule has 0 saturated heterocycles. The average Bonchev–Trinajstić information content (AvgIpc) is 3.11. The summed E-state index contributed by atoms with van der Waals surface area (Å²) in [4.78, 5) is 47.1. The Morgan fingerprint density at radius 2 is 1.04 bits per heavy atom. The fraction of sp³-hybridized carbons (Fsp3) is 0.644. The Morgan fingerprint density at radius 1 is 0.528 bits per heavy atom. The lowest BCUT2D eigenvalue weighted by atomic mass is 9.89. The molecule has 8 heteroatoms. The third kappa shape index (κ3) is 19.8. The van der Waals surface area contributed by atoms with Gasteiger partial charge in [0.05, 0.1) is 22.3 Å². The summed E-state index contributed by atoms with van der Waals surface area (Å²) < 4.78 is 5.72. The van der Waals surface area contributed by atoms with E-state index in [2.05, 4.69) is 41.5 Å². The zero-order chi connectivity index (χ0) is 39.6. The van der Waals surface area contributed by atoms with Gasteiger partial charge < -0.3 is 20.1 Å². The molecule has 0 spiro atoms. The summed E-state index contributed by atoms with van der Waals surface area (Å²) >= 11 is 0. The maximum absolute atomic E-state index is 12.5. The lowest BCUT2D eigenvalue weighted by molar-refractivity contribution is 0.0237. The SMILES string of the molecule is CCCCCCCCCC(CCC(C)C)OC(=O)c1ccccc1C(=O)O.CCCCCc1ccc(C(=O)O)c(C(=O)O)c1CCCCCCC(C)C. The molecule has 2 rings (SSSR count). The van der Waals surface area contributed by atoms with Crippen LogP contribution in [-0.4, -0.2) is 45.3 Å². The highest BCUT2D eigenvalue weighted by atomic mass is 16.5. The smallest absolute Gasteiger partial charge is 0.339 e. The van der Waals surface area contributed by atoms with Crippen molar-refractivity contribution < 1.29 is 39.2 Å². The Kier molecular flexibility index (Phi) is 24.9. The van der Waals surface area contributed by atoms with Crippen LogP contribution in [0.2, 0.25) is 0 Å². The van der Waals surface area contributed by atoms with Crippen molar-refractivity contribution in [3.05, 3.63) is 69.8 Å². The lowest BCUT2D eigenvalue weighted by Gasteiger charge is -2.19. The molecule has 2 aromatic rings. The number of carbonyl (C=O) groups excluding carboxylic acids is 1. The van der Waals surface area contributed by atoms with Crippen molar-refractivity contribution >= 4 is 23.9 Å². The molecule has 3 N–H and O–H groups in total. The standard InChI is InChI=1S/C23H36O4.C22H34O4/c1-4-5-6-7-8-9-10-13-19(17-16-18(2)3)27-23(26)21-15-12-11-14-20(21)22(24)25;1-4-5-8-12-17-14-15-19(21(23)24)20(22(25)26)18(17)13-10-7-6-9-11-16(2)3/h11-12,14-15,18-19H,4-10,13,16-17H2,1-3H3,(H,24,25);14-16H,4-13H2,1-3H3,(H,23,24)(H,25,26).